The molecule has 1 aliphatic carbocycles. The van der Waals surface area contributed by atoms with Crippen molar-refractivity contribution in [3.8, 4) is 0 Å². The van der Waals surface area contributed by atoms with Crippen molar-refractivity contribution in [1.82, 2.24) is 5.32 Å². The number of rotatable bonds is 4. The smallest absolute Gasteiger partial charge is 0.0147 e. The van der Waals surface area contributed by atoms with E-state index in [-0.39, 0.29) is 5.54 Å². The molecule has 0 aromatic carbocycles. The van der Waals surface area contributed by atoms with Crippen molar-refractivity contribution in [2.45, 2.75) is 39.2 Å². The highest BCUT2D eigenvalue weighted by molar-refractivity contribution is 5.11. The zero-order valence-corrected chi connectivity index (χ0v) is 9.88. The van der Waals surface area contributed by atoms with Crippen molar-refractivity contribution in [2.24, 2.45) is 11.8 Å². The molecule has 2 atom stereocenters. The molecule has 1 aliphatic rings. The molecule has 14 heavy (non-hydrogen) atoms. The van der Waals surface area contributed by atoms with Gasteiger partial charge in [0.25, 0.3) is 0 Å². The van der Waals surface area contributed by atoms with Gasteiger partial charge in [0.2, 0.25) is 0 Å². The summed E-state index contributed by atoms with van der Waals surface area (Å²) in [7, 11) is 2.05. The molecule has 1 heteroatoms. The molecule has 0 spiro atoms. The minimum atomic E-state index is 0.245. The molecular formula is C13H23N. The maximum atomic E-state index is 3.39. The second kappa shape index (κ2) is 4.79. The van der Waals surface area contributed by atoms with Crippen LogP contribution in [-0.4, -0.2) is 12.6 Å². The van der Waals surface area contributed by atoms with Gasteiger partial charge in [0.15, 0.2) is 0 Å². The van der Waals surface area contributed by atoms with Gasteiger partial charge in [-0.25, -0.2) is 0 Å². The largest absolute Gasteiger partial charge is 0.315 e. The first kappa shape index (κ1) is 11.5. The molecule has 1 rings (SSSR count). The van der Waals surface area contributed by atoms with Gasteiger partial charge in [-0.3, -0.25) is 0 Å². The first-order chi connectivity index (χ1) is 6.56. The van der Waals surface area contributed by atoms with Crippen molar-refractivity contribution in [3.05, 3.63) is 24.3 Å². The van der Waals surface area contributed by atoms with E-state index in [4.69, 9.17) is 0 Å². The van der Waals surface area contributed by atoms with Gasteiger partial charge in [0.1, 0.15) is 0 Å². The molecule has 0 amide bonds. The zero-order valence-electron chi connectivity index (χ0n) is 9.88. The predicted molar refractivity (Wildman–Crippen MR) is 63.3 cm³/mol. The summed E-state index contributed by atoms with van der Waals surface area (Å²) in [5.74, 6) is 1.44. The lowest BCUT2D eigenvalue weighted by atomic mass is 9.80. The average Bonchev–Trinajstić information content (AvgIpc) is 2.19. The van der Waals surface area contributed by atoms with Gasteiger partial charge in [-0.15, -0.1) is 0 Å². The van der Waals surface area contributed by atoms with E-state index in [2.05, 4.69) is 50.4 Å². The van der Waals surface area contributed by atoms with Gasteiger partial charge in [0.05, 0.1) is 0 Å². The van der Waals surface area contributed by atoms with Crippen LogP contribution in [0.1, 0.15) is 33.6 Å². The Morgan fingerprint density at radius 2 is 2.14 bits per heavy atom. The van der Waals surface area contributed by atoms with E-state index in [9.17, 15) is 0 Å². The Labute approximate surface area is 88.3 Å². The molecule has 0 fully saturated rings. The highest BCUT2D eigenvalue weighted by Gasteiger charge is 2.25. The fourth-order valence-electron chi connectivity index (χ4n) is 1.80. The van der Waals surface area contributed by atoms with E-state index in [1.54, 1.807) is 0 Å². The number of hydrogen-bond donors (Lipinski definition) is 1. The number of hydrogen-bond acceptors (Lipinski definition) is 1. The molecule has 80 valence electrons. The standard InChI is InChI=1S/C13H23N/c1-11(13(2,3)14-4)10-12-8-6-5-7-9-12/h5-8,11-12,14H,9-10H2,1-4H3/t11-,12?/m0/s1. The Morgan fingerprint density at radius 1 is 1.43 bits per heavy atom. The normalized spacial score (nSPS) is 23.9. The van der Waals surface area contributed by atoms with Crippen LogP contribution >= 0.6 is 0 Å². The molecule has 0 heterocycles. The molecule has 0 radical (unpaired) electrons. The lowest BCUT2D eigenvalue weighted by molar-refractivity contribution is 0.253. The van der Waals surface area contributed by atoms with Crippen LogP contribution < -0.4 is 5.32 Å². The molecule has 1 nitrogen and oxygen atoms in total. The minimum Gasteiger partial charge on any atom is -0.315 e. The van der Waals surface area contributed by atoms with Crippen LogP contribution in [0, 0.1) is 11.8 Å². The van der Waals surface area contributed by atoms with Gasteiger partial charge in [-0.05, 0) is 45.6 Å². The third kappa shape index (κ3) is 2.98. The van der Waals surface area contributed by atoms with Crippen LogP contribution in [0.5, 0.6) is 0 Å². The summed E-state index contributed by atoms with van der Waals surface area (Å²) in [6.07, 6.45) is 11.4. The van der Waals surface area contributed by atoms with Crippen LogP contribution in [0.4, 0.5) is 0 Å². The quantitative estimate of drug-likeness (QED) is 0.723. The molecule has 1 unspecified atom stereocenters. The topological polar surface area (TPSA) is 12.0 Å². The summed E-state index contributed by atoms with van der Waals surface area (Å²) >= 11 is 0. The van der Waals surface area contributed by atoms with Crippen LogP contribution in [0.3, 0.4) is 0 Å². The van der Waals surface area contributed by atoms with E-state index in [1.165, 1.54) is 12.8 Å². The van der Waals surface area contributed by atoms with E-state index in [0.29, 0.717) is 5.92 Å². The van der Waals surface area contributed by atoms with Gasteiger partial charge in [-0.2, -0.15) is 0 Å². The summed E-state index contributed by atoms with van der Waals surface area (Å²) in [5, 5.41) is 3.39. The van der Waals surface area contributed by atoms with Crippen LogP contribution in [-0.2, 0) is 0 Å². The van der Waals surface area contributed by atoms with Gasteiger partial charge in [-0.1, -0.05) is 31.2 Å². The fourth-order valence-corrected chi connectivity index (χ4v) is 1.80. The molecule has 0 aromatic heterocycles. The Balaban J connectivity index is 2.44. The molecular weight excluding hydrogens is 170 g/mol. The predicted octanol–water partition coefficient (Wildman–Crippen LogP) is 3.14. The molecule has 0 bridgehead atoms. The number of nitrogens with one attached hydrogen (secondary N) is 1. The minimum absolute atomic E-state index is 0.245. The van der Waals surface area contributed by atoms with Crippen molar-refractivity contribution >= 4 is 0 Å². The third-order valence-electron chi connectivity index (χ3n) is 3.60. The lowest BCUT2D eigenvalue weighted by Gasteiger charge is -2.33. The van der Waals surface area contributed by atoms with Crippen molar-refractivity contribution in [3.63, 3.8) is 0 Å². The summed E-state index contributed by atoms with van der Waals surface area (Å²) in [5.41, 5.74) is 0.245. The highest BCUT2D eigenvalue weighted by atomic mass is 14.9. The Bertz CT molecular complexity index is 225. The molecule has 1 N–H and O–H groups in total. The molecule has 0 saturated heterocycles. The SMILES string of the molecule is CNC(C)(C)[C@@H](C)CC1C=CC=CC1. The maximum absolute atomic E-state index is 3.39. The van der Waals surface area contributed by atoms with Gasteiger partial charge < -0.3 is 5.32 Å². The first-order valence-electron chi connectivity index (χ1n) is 5.58. The van der Waals surface area contributed by atoms with Gasteiger partial charge >= 0.3 is 0 Å². The molecule has 0 aromatic rings. The second-order valence-corrected chi connectivity index (χ2v) is 4.92. The van der Waals surface area contributed by atoms with Crippen molar-refractivity contribution in [1.29, 1.82) is 0 Å². The van der Waals surface area contributed by atoms with E-state index in [1.807, 2.05) is 7.05 Å². The zero-order chi connectivity index (χ0) is 10.6. The molecule has 0 saturated carbocycles. The summed E-state index contributed by atoms with van der Waals surface area (Å²) < 4.78 is 0. The monoisotopic (exact) mass is 193 g/mol. The van der Waals surface area contributed by atoms with Crippen LogP contribution in [0.25, 0.3) is 0 Å². The summed E-state index contributed by atoms with van der Waals surface area (Å²) in [6.45, 7) is 6.89. The number of allylic oxidation sites excluding steroid dienone is 4. The van der Waals surface area contributed by atoms with Crippen LogP contribution in [0.15, 0.2) is 24.3 Å². The Morgan fingerprint density at radius 3 is 2.64 bits per heavy atom. The van der Waals surface area contributed by atoms with Crippen molar-refractivity contribution < 1.29 is 0 Å². The average molecular weight is 193 g/mol. The summed E-state index contributed by atoms with van der Waals surface area (Å²) in [4.78, 5) is 0. The third-order valence-corrected chi connectivity index (χ3v) is 3.60. The summed E-state index contributed by atoms with van der Waals surface area (Å²) in [6, 6.07) is 0. The van der Waals surface area contributed by atoms with Gasteiger partial charge in [0, 0.05) is 5.54 Å². The van der Waals surface area contributed by atoms with E-state index in [0.717, 1.165) is 5.92 Å². The highest BCUT2D eigenvalue weighted by Crippen LogP contribution is 2.27. The fraction of sp³-hybridized carbons (Fsp3) is 0.692. The Hall–Kier alpha value is -0.560. The van der Waals surface area contributed by atoms with E-state index >= 15 is 0 Å². The second-order valence-electron chi connectivity index (χ2n) is 4.92. The van der Waals surface area contributed by atoms with Crippen LogP contribution in [0.2, 0.25) is 0 Å². The van der Waals surface area contributed by atoms with Crippen molar-refractivity contribution in [2.75, 3.05) is 7.05 Å². The lowest BCUT2D eigenvalue weighted by Crippen LogP contribution is -2.43. The first-order valence-corrected chi connectivity index (χ1v) is 5.58. The Kier molecular flexibility index (Phi) is 3.94. The maximum Gasteiger partial charge on any atom is 0.0147 e. The molecule has 0 aliphatic heterocycles. The van der Waals surface area contributed by atoms with E-state index < -0.39 is 0 Å².